The number of hydrogen-bond donors (Lipinski definition) is 4. The van der Waals surface area contributed by atoms with Crippen LogP contribution < -0.4 is 21.2 Å². The number of thiazole rings is 1. The van der Waals surface area contributed by atoms with Crippen LogP contribution in [0.5, 0.6) is 0 Å². The van der Waals surface area contributed by atoms with Gasteiger partial charge in [-0.1, -0.05) is 11.3 Å². The van der Waals surface area contributed by atoms with Crippen LogP contribution in [0.1, 0.15) is 16.1 Å². The minimum Gasteiger partial charge on any atom is -0.382 e. The molecule has 7 nitrogen and oxygen atoms in total. The highest BCUT2D eigenvalue weighted by molar-refractivity contribution is 7.11. The molecule has 1 amide bonds. The summed E-state index contributed by atoms with van der Waals surface area (Å²) in [7, 11) is 1.53. The Labute approximate surface area is 110 Å². The summed E-state index contributed by atoms with van der Waals surface area (Å²) in [5, 5.41) is 7.84. The van der Waals surface area contributed by atoms with Gasteiger partial charge in [-0.25, -0.2) is 0 Å². The molecule has 2 heterocycles. The zero-order valence-electron chi connectivity index (χ0n) is 9.44. The van der Waals surface area contributed by atoms with Crippen LogP contribution in [0.15, 0.2) is 10.2 Å². The van der Waals surface area contributed by atoms with Crippen LogP contribution in [-0.2, 0) is 6.54 Å². The number of nitrogens with zero attached hydrogens (tertiary/aromatic N) is 1. The van der Waals surface area contributed by atoms with Gasteiger partial charge in [0.2, 0.25) is 0 Å². The maximum atomic E-state index is 11.6. The number of aromatic amines is 1. The van der Waals surface area contributed by atoms with Gasteiger partial charge < -0.3 is 21.4 Å². The molecule has 0 fully saturated rings. The quantitative estimate of drug-likeness (QED) is 0.651. The van der Waals surface area contributed by atoms with Crippen LogP contribution >= 0.6 is 22.9 Å². The van der Waals surface area contributed by atoms with Crippen molar-refractivity contribution in [2.45, 2.75) is 6.54 Å². The van der Waals surface area contributed by atoms with Crippen LogP contribution in [0.25, 0.3) is 0 Å². The van der Waals surface area contributed by atoms with E-state index in [4.69, 9.17) is 5.73 Å². The van der Waals surface area contributed by atoms with Gasteiger partial charge in [-0.2, -0.15) is 4.37 Å². The lowest BCUT2D eigenvalue weighted by molar-refractivity contribution is 0.0965. The molecule has 5 N–H and O–H groups in total. The molecule has 0 aliphatic rings. The number of carbonyl (C=O) groups excluding carboxylic acids is 1. The second kappa shape index (κ2) is 5.19. The molecule has 2 aromatic rings. The van der Waals surface area contributed by atoms with Gasteiger partial charge in [-0.05, 0) is 11.5 Å². The van der Waals surface area contributed by atoms with Crippen LogP contribution in [0.3, 0.4) is 0 Å². The average molecular weight is 285 g/mol. The summed E-state index contributed by atoms with van der Waals surface area (Å²) in [6.45, 7) is 0.407. The Bertz CT molecular complexity index is 615. The minimum absolute atomic E-state index is 0.109. The normalized spacial score (nSPS) is 10.3. The Morgan fingerprint density at radius 1 is 1.61 bits per heavy atom. The fourth-order valence-electron chi connectivity index (χ4n) is 1.34. The highest BCUT2D eigenvalue weighted by Gasteiger charge is 2.17. The van der Waals surface area contributed by atoms with E-state index >= 15 is 0 Å². The van der Waals surface area contributed by atoms with Crippen LogP contribution in [-0.4, -0.2) is 22.3 Å². The summed E-state index contributed by atoms with van der Waals surface area (Å²) in [6, 6.07) is 0. The highest BCUT2D eigenvalue weighted by atomic mass is 32.1. The summed E-state index contributed by atoms with van der Waals surface area (Å²) < 4.78 is 3.93. The van der Waals surface area contributed by atoms with Gasteiger partial charge in [0.1, 0.15) is 10.6 Å². The topological polar surface area (TPSA) is 113 Å². The molecule has 0 atom stereocenters. The average Bonchev–Trinajstić information content (AvgIpc) is 2.92. The molecule has 18 heavy (non-hydrogen) atoms. The van der Waals surface area contributed by atoms with Crippen molar-refractivity contribution in [1.82, 2.24) is 14.7 Å². The first-order valence-corrected chi connectivity index (χ1v) is 6.65. The van der Waals surface area contributed by atoms with Crippen molar-refractivity contribution in [2.24, 2.45) is 0 Å². The molecule has 2 aromatic heterocycles. The minimum atomic E-state index is -0.289. The lowest BCUT2D eigenvalue weighted by Crippen LogP contribution is -2.20. The smallest absolute Gasteiger partial charge is 0.304 e. The summed E-state index contributed by atoms with van der Waals surface area (Å²) in [4.78, 5) is 25.1. The fraction of sp³-hybridized carbons (Fsp3) is 0.222. The maximum Gasteiger partial charge on any atom is 0.304 e. The lowest BCUT2D eigenvalue weighted by Gasteiger charge is -2.04. The molecule has 96 valence electrons. The van der Waals surface area contributed by atoms with E-state index in [0.717, 1.165) is 28.6 Å². The van der Waals surface area contributed by atoms with E-state index < -0.39 is 0 Å². The fourth-order valence-corrected chi connectivity index (χ4v) is 2.63. The van der Waals surface area contributed by atoms with E-state index in [0.29, 0.717) is 17.1 Å². The molecule has 0 radical (unpaired) electrons. The molecule has 0 aromatic carbocycles. The molecule has 0 spiro atoms. The Balaban J connectivity index is 2.14. The van der Waals surface area contributed by atoms with E-state index in [9.17, 15) is 9.59 Å². The van der Waals surface area contributed by atoms with Gasteiger partial charge in [0.25, 0.3) is 5.91 Å². The summed E-state index contributed by atoms with van der Waals surface area (Å²) in [6.07, 6.45) is 0. The summed E-state index contributed by atoms with van der Waals surface area (Å²) in [5.74, 6) is -0.0942. The van der Waals surface area contributed by atoms with Crippen molar-refractivity contribution in [1.29, 1.82) is 0 Å². The SMILES string of the molecule is CNC(=O)c1c(N)nsc1NCc1csc(=O)[nH]1. The second-order valence-electron chi connectivity index (χ2n) is 3.38. The summed E-state index contributed by atoms with van der Waals surface area (Å²) in [5.41, 5.74) is 6.72. The predicted octanol–water partition coefficient (Wildman–Crippen LogP) is 0.447. The van der Waals surface area contributed by atoms with E-state index in [-0.39, 0.29) is 16.6 Å². The van der Waals surface area contributed by atoms with Gasteiger partial charge >= 0.3 is 4.87 Å². The Kier molecular flexibility index (Phi) is 3.63. The standard InChI is InChI=1S/C9H11N5O2S2/c1-11-7(15)5-6(10)14-18-8(5)12-2-4-3-17-9(16)13-4/h3,12H,2H2,1H3,(H2,10,14)(H,11,15)(H,13,16). The Hall–Kier alpha value is -1.87. The number of nitrogen functional groups attached to an aromatic ring is 1. The van der Waals surface area contributed by atoms with Gasteiger partial charge in [0.15, 0.2) is 5.82 Å². The number of hydrogen-bond acceptors (Lipinski definition) is 7. The number of rotatable bonds is 4. The highest BCUT2D eigenvalue weighted by Crippen LogP contribution is 2.26. The molecule has 0 unspecified atom stereocenters. The number of anilines is 2. The number of carbonyl (C=O) groups is 1. The van der Waals surface area contributed by atoms with Crippen molar-refractivity contribution < 1.29 is 4.79 Å². The molecule has 0 saturated heterocycles. The number of amides is 1. The maximum absolute atomic E-state index is 11.6. The van der Waals surface area contributed by atoms with Gasteiger partial charge in [0.05, 0.1) is 6.54 Å². The molecular formula is C9H11N5O2S2. The van der Waals surface area contributed by atoms with Crippen molar-refractivity contribution in [3.8, 4) is 0 Å². The molecule has 0 bridgehead atoms. The zero-order chi connectivity index (χ0) is 13.1. The van der Waals surface area contributed by atoms with Crippen LogP contribution in [0, 0.1) is 0 Å². The van der Waals surface area contributed by atoms with Crippen LogP contribution in [0.4, 0.5) is 10.8 Å². The van der Waals surface area contributed by atoms with Crippen molar-refractivity contribution in [2.75, 3.05) is 18.1 Å². The van der Waals surface area contributed by atoms with E-state index in [2.05, 4.69) is 20.0 Å². The monoisotopic (exact) mass is 285 g/mol. The molecule has 9 heteroatoms. The van der Waals surface area contributed by atoms with Crippen molar-refractivity contribution >= 4 is 39.6 Å². The largest absolute Gasteiger partial charge is 0.382 e. The number of nitrogens with one attached hydrogen (secondary N) is 3. The molecule has 0 saturated carbocycles. The molecule has 2 rings (SSSR count). The summed E-state index contributed by atoms with van der Waals surface area (Å²) >= 11 is 2.20. The first-order chi connectivity index (χ1) is 8.61. The molecular weight excluding hydrogens is 274 g/mol. The van der Waals surface area contributed by atoms with Crippen molar-refractivity contribution in [3.63, 3.8) is 0 Å². The predicted molar refractivity (Wildman–Crippen MR) is 72.2 cm³/mol. The Morgan fingerprint density at radius 3 is 3.00 bits per heavy atom. The van der Waals surface area contributed by atoms with E-state index in [1.807, 2.05) is 0 Å². The number of nitrogens with two attached hydrogens (primary N) is 1. The van der Waals surface area contributed by atoms with Gasteiger partial charge in [-0.15, -0.1) is 0 Å². The van der Waals surface area contributed by atoms with Gasteiger partial charge in [0, 0.05) is 18.1 Å². The molecule has 0 aliphatic carbocycles. The second-order valence-corrected chi connectivity index (χ2v) is 4.99. The lowest BCUT2D eigenvalue weighted by atomic mass is 10.3. The first kappa shape index (κ1) is 12.6. The van der Waals surface area contributed by atoms with E-state index in [1.165, 1.54) is 7.05 Å². The first-order valence-electron chi connectivity index (χ1n) is 4.99. The van der Waals surface area contributed by atoms with E-state index in [1.54, 1.807) is 5.38 Å². The number of aromatic nitrogens is 2. The van der Waals surface area contributed by atoms with Gasteiger partial charge in [-0.3, -0.25) is 9.59 Å². The molecule has 0 aliphatic heterocycles. The van der Waals surface area contributed by atoms with Crippen molar-refractivity contribution in [3.05, 3.63) is 26.3 Å². The Morgan fingerprint density at radius 2 is 2.39 bits per heavy atom. The zero-order valence-corrected chi connectivity index (χ0v) is 11.1. The third kappa shape index (κ3) is 2.51. The van der Waals surface area contributed by atoms with Crippen LogP contribution in [0.2, 0.25) is 0 Å². The third-order valence-corrected chi connectivity index (χ3v) is 3.72. The third-order valence-electron chi connectivity index (χ3n) is 2.18. The number of H-pyrrole nitrogens is 1.